The SMILES string of the molecule is COc1cc2c(c(OC)c1OC)-c1ccc(N[C@@H](C)C(=O)NCCn3ccc4c(Cl)cccc43)c(=O)cc1[C@@H](NC(C)=O)CC2. The van der Waals surface area contributed by atoms with Crippen molar-refractivity contribution in [3.8, 4) is 28.4 Å². The van der Waals surface area contributed by atoms with E-state index in [2.05, 4.69) is 16.0 Å². The maximum atomic E-state index is 13.6. The Labute approximate surface area is 266 Å². The molecule has 1 heterocycles. The van der Waals surface area contributed by atoms with Crippen LogP contribution in [0.1, 0.15) is 37.4 Å². The van der Waals surface area contributed by atoms with Gasteiger partial charge in [-0.05, 0) is 72.9 Å². The van der Waals surface area contributed by atoms with Crippen LogP contribution >= 0.6 is 11.6 Å². The molecule has 1 aliphatic carbocycles. The number of hydrogen-bond donors (Lipinski definition) is 3. The summed E-state index contributed by atoms with van der Waals surface area (Å²) in [6, 6.07) is 13.5. The quantitative estimate of drug-likeness (QED) is 0.223. The second-order valence-electron chi connectivity index (χ2n) is 10.9. The average molecular weight is 633 g/mol. The van der Waals surface area contributed by atoms with Crippen LogP contribution < -0.4 is 35.6 Å². The fraction of sp³-hybridized carbons (Fsp3) is 0.324. The maximum absolute atomic E-state index is 13.6. The smallest absolute Gasteiger partial charge is 0.242 e. The van der Waals surface area contributed by atoms with Gasteiger partial charge in [0.1, 0.15) is 6.04 Å². The van der Waals surface area contributed by atoms with Crippen molar-refractivity contribution in [1.82, 2.24) is 15.2 Å². The van der Waals surface area contributed by atoms with Crippen molar-refractivity contribution in [2.75, 3.05) is 33.2 Å². The number of aromatic nitrogens is 1. The molecular formula is C34H37ClN4O6. The molecular weight excluding hydrogens is 596 g/mol. The summed E-state index contributed by atoms with van der Waals surface area (Å²) in [6.07, 6.45) is 3.08. The van der Waals surface area contributed by atoms with Gasteiger partial charge in [-0.1, -0.05) is 23.7 Å². The van der Waals surface area contributed by atoms with Crippen molar-refractivity contribution < 1.29 is 23.8 Å². The van der Waals surface area contributed by atoms with Crippen molar-refractivity contribution in [3.05, 3.63) is 81.1 Å². The number of anilines is 1. The second kappa shape index (κ2) is 13.5. The summed E-state index contributed by atoms with van der Waals surface area (Å²) in [6.45, 7) is 4.10. The van der Waals surface area contributed by atoms with E-state index in [0.717, 1.165) is 22.0 Å². The molecule has 4 aromatic rings. The summed E-state index contributed by atoms with van der Waals surface area (Å²) in [4.78, 5) is 38.9. The van der Waals surface area contributed by atoms with Crippen molar-refractivity contribution in [3.63, 3.8) is 0 Å². The highest BCUT2D eigenvalue weighted by Gasteiger charge is 2.29. The van der Waals surface area contributed by atoms with Crippen LogP contribution in [-0.2, 0) is 22.6 Å². The van der Waals surface area contributed by atoms with E-state index >= 15 is 0 Å². The maximum Gasteiger partial charge on any atom is 0.242 e. The molecule has 2 atom stereocenters. The Kier molecular flexibility index (Phi) is 9.53. The largest absolute Gasteiger partial charge is 0.493 e. The fourth-order valence-electron chi connectivity index (χ4n) is 5.96. The minimum absolute atomic E-state index is 0.211. The predicted octanol–water partition coefficient (Wildman–Crippen LogP) is 5.09. The van der Waals surface area contributed by atoms with Gasteiger partial charge in [-0.15, -0.1) is 0 Å². The van der Waals surface area contributed by atoms with Crippen molar-refractivity contribution in [2.24, 2.45) is 0 Å². The fourth-order valence-corrected chi connectivity index (χ4v) is 6.19. The van der Waals surface area contributed by atoms with E-state index in [-0.39, 0.29) is 22.9 Å². The Hall–Kier alpha value is -4.70. The van der Waals surface area contributed by atoms with Crippen LogP contribution in [0.5, 0.6) is 17.2 Å². The number of carbonyl (C=O) groups is 2. The van der Waals surface area contributed by atoms with Gasteiger partial charge in [0.15, 0.2) is 11.5 Å². The van der Waals surface area contributed by atoms with E-state index in [4.69, 9.17) is 25.8 Å². The average Bonchev–Trinajstić information content (AvgIpc) is 3.30. The van der Waals surface area contributed by atoms with Gasteiger partial charge >= 0.3 is 0 Å². The van der Waals surface area contributed by atoms with E-state index in [1.807, 2.05) is 47.2 Å². The van der Waals surface area contributed by atoms with Crippen LogP contribution in [0.25, 0.3) is 22.0 Å². The molecule has 236 valence electrons. The first-order valence-corrected chi connectivity index (χ1v) is 15.1. The number of ether oxygens (including phenoxy) is 3. The number of nitrogens with zero attached hydrogens (tertiary/aromatic N) is 1. The van der Waals surface area contributed by atoms with Gasteiger partial charge in [0.2, 0.25) is 23.0 Å². The summed E-state index contributed by atoms with van der Waals surface area (Å²) in [5.41, 5.74) is 3.96. The first-order chi connectivity index (χ1) is 21.7. The van der Waals surface area contributed by atoms with Crippen molar-refractivity contribution >= 4 is 40.0 Å². The van der Waals surface area contributed by atoms with Crippen LogP contribution in [0.3, 0.4) is 0 Å². The molecule has 1 aromatic heterocycles. The standard InChI is InChI=1S/C34H37ClN4O6/c1-19(34(42)36-14-16-39-15-13-23-25(35)7-6-8-28(23)39)37-27-12-10-22-24(18-29(27)41)26(38-20(2)40)11-9-21-17-30(43-3)32(44-4)33(45-5)31(21)22/h6-8,10,12-13,15,17-19,26H,9,11,14,16H2,1-5H3,(H,36,42)(H,37,41)(H,38,40)/t19-,26-/m0/s1. The Bertz CT molecular complexity index is 1820. The third kappa shape index (κ3) is 6.42. The van der Waals surface area contributed by atoms with Crippen LogP contribution in [0.15, 0.2) is 59.5 Å². The number of benzene rings is 2. The molecule has 0 unspecified atom stereocenters. The van der Waals surface area contributed by atoms with Crippen molar-refractivity contribution in [1.29, 1.82) is 0 Å². The zero-order valence-corrected chi connectivity index (χ0v) is 26.7. The summed E-state index contributed by atoms with van der Waals surface area (Å²) >= 11 is 6.29. The van der Waals surface area contributed by atoms with Crippen molar-refractivity contribution in [2.45, 2.75) is 45.3 Å². The van der Waals surface area contributed by atoms with Crippen LogP contribution in [0.2, 0.25) is 5.02 Å². The minimum atomic E-state index is -0.701. The molecule has 1 aliphatic rings. The van der Waals surface area contributed by atoms with E-state index < -0.39 is 12.1 Å². The van der Waals surface area contributed by atoms with Gasteiger partial charge in [0, 0.05) is 47.7 Å². The van der Waals surface area contributed by atoms with E-state index in [9.17, 15) is 14.4 Å². The van der Waals surface area contributed by atoms with E-state index in [1.54, 1.807) is 27.2 Å². The van der Waals surface area contributed by atoms with Gasteiger partial charge < -0.3 is 34.7 Å². The van der Waals surface area contributed by atoms with Gasteiger partial charge in [0.05, 0.1) is 33.1 Å². The number of halogens is 1. The third-order valence-corrected chi connectivity index (χ3v) is 8.42. The minimum Gasteiger partial charge on any atom is -0.493 e. The number of rotatable bonds is 10. The summed E-state index contributed by atoms with van der Waals surface area (Å²) in [7, 11) is 4.65. The molecule has 0 spiro atoms. The molecule has 11 heteroatoms. The molecule has 0 radical (unpaired) electrons. The lowest BCUT2D eigenvalue weighted by Crippen LogP contribution is -2.39. The molecule has 0 saturated heterocycles. The predicted molar refractivity (Wildman–Crippen MR) is 176 cm³/mol. The Morgan fingerprint density at radius 1 is 1.04 bits per heavy atom. The topological polar surface area (TPSA) is 120 Å². The number of carbonyl (C=O) groups excluding carboxylic acids is 2. The normalized spacial score (nSPS) is 14.4. The van der Waals surface area contributed by atoms with E-state index in [1.165, 1.54) is 20.1 Å². The molecule has 10 nitrogen and oxygen atoms in total. The molecule has 0 saturated carbocycles. The molecule has 2 amide bonds. The summed E-state index contributed by atoms with van der Waals surface area (Å²) in [5, 5.41) is 10.7. The highest BCUT2D eigenvalue weighted by atomic mass is 35.5. The lowest BCUT2D eigenvalue weighted by Gasteiger charge is -2.19. The number of amides is 2. The highest BCUT2D eigenvalue weighted by Crippen LogP contribution is 2.50. The molecule has 45 heavy (non-hydrogen) atoms. The number of methoxy groups -OCH3 is 3. The highest BCUT2D eigenvalue weighted by molar-refractivity contribution is 6.35. The second-order valence-corrected chi connectivity index (χ2v) is 11.3. The molecule has 3 aromatic carbocycles. The number of aryl methyl sites for hydroxylation is 1. The monoisotopic (exact) mass is 632 g/mol. The molecule has 3 N–H and O–H groups in total. The number of hydrogen-bond acceptors (Lipinski definition) is 7. The van der Waals surface area contributed by atoms with Crippen LogP contribution in [0.4, 0.5) is 5.69 Å². The van der Waals surface area contributed by atoms with Crippen LogP contribution in [0, 0.1) is 0 Å². The van der Waals surface area contributed by atoms with Gasteiger partial charge in [0.25, 0.3) is 0 Å². The molecule has 0 aliphatic heterocycles. The number of nitrogens with one attached hydrogen (secondary N) is 3. The lowest BCUT2D eigenvalue weighted by molar-refractivity contribution is -0.121. The Balaban J connectivity index is 1.43. The van der Waals surface area contributed by atoms with Gasteiger partial charge in [-0.25, -0.2) is 0 Å². The lowest BCUT2D eigenvalue weighted by atomic mass is 9.95. The molecule has 0 bridgehead atoms. The summed E-state index contributed by atoms with van der Waals surface area (Å²) in [5.74, 6) is 0.953. The van der Waals surface area contributed by atoms with Gasteiger partial charge in [-0.3, -0.25) is 14.4 Å². The Morgan fingerprint density at radius 3 is 2.53 bits per heavy atom. The first-order valence-electron chi connectivity index (χ1n) is 14.7. The number of fused-ring (bicyclic) bond motifs is 4. The summed E-state index contributed by atoms with van der Waals surface area (Å²) < 4.78 is 19.1. The zero-order valence-electron chi connectivity index (χ0n) is 26.0. The van der Waals surface area contributed by atoms with Crippen LogP contribution in [-0.4, -0.2) is 50.3 Å². The first kappa shape index (κ1) is 31.7. The third-order valence-electron chi connectivity index (χ3n) is 8.09. The molecule has 5 rings (SSSR count). The van der Waals surface area contributed by atoms with Gasteiger partial charge in [-0.2, -0.15) is 0 Å². The van der Waals surface area contributed by atoms with E-state index in [0.29, 0.717) is 59.3 Å². The zero-order chi connectivity index (χ0) is 32.2. The Morgan fingerprint density at radius 2 is 1.82 bits per heavy atom. The molecule has 0 fully saturated rings.